The Morgan fingerprint density at radius 2 is 1.46 bits per heavy atom. The monoisotopic (exact) mass is 439 g/mol. The number of halogens is 1. The lowest BCUT2D eigenvalue weighted by atomic mass is 10.1. The summed E-state index contributed by atoms with van der Waals surface area (Å²) in [6.45, 7) is 2.98. The van der Waals surface area contributed by atoms with Crippen LogP contribution in [0.25, 0.3) is 0 Å². The van der Waals surface area contributed by atoms with E-state index in [9.17, 15) is 0 Å². The van der Waals surface area contributed by atoms with Gasteiger partial charge in [-0.3, -0.25) is 4.90 Å². The summed E-state index contributed by atoms with van der Waals surface area (Å²) in [5.41, 5.74) is 2.55. The average molecular weight is 440 g/mol. The molecule has 0 heterocycles. The molecule has 0 aliphatic heterocycles. The second kappa shape index (κ2) is 11.0. The van der Waals surface area contributed by atoms with Gasteiger partial charge in [0.2, 0.25) is 0 Å². The summed E-state index contributed by atoms with van der Waals surface area (Å²) in [7, 11) is 1.75. The number of para-hydroxylation sites is 1. The van der Waals surface area contributed by atoms with Crippen LogP contribution >= 0.6 is 15.9 Å². The van der Waals surface area contributed by atoms with Crippen LogP contribution in [0.5, 0.6) is 5.75 Å². The van der Waals surface area contributed by atoms with E-state index < -0.39 is 0 Å². The largest absolute Gasteiger partial charge is 0.491 e. The Labute approximate surface area is 176 Å². The molecule has 1 atom stereocenters. The van der Waals surface area contributed by atoms with E-state index in [-0.39, 0.29) is 6.10 Å². The van der Waals surface area contributed by atoms with Gasteiger partial charge in [0.05, 0.1) is 0 Å². The van der Waals surface area contributed by atoms with Crippen LogP contribution in [0.3, 0.4) is 0 Å². The maximum atomic E-state index is 5.92. The van der Waals surface area contributed by atoms with E-state index in [0.29, 0.717) is 6.61 Å². The third kappa shape index (κ3) is 6.48. The van der Waals surface area contributed by atoms with Crippen molar-refractivity contribution >= 4 is 15.9 Å². The highest BCUT2D eigenvalue weighted by Crippen LogP contribution is 2.20. The van der Waals surface area contributed by atoms with E-state index in [1.165, 1.54) is 11.1 Å². The van der Waals surface area contributed by atoms with Crippen molar-refractivity contribution in [3.05, 3.63) is 101 Å². The Bertz CT molecular complexity index is 826. The second-order valence-corrected chi connectivity index (χ2v) is 7.58. The minimum absolute atomic E-state index is 0.0218. The summed E-state index contributed by atoms with van der Waals surface area (Å²) in [5, 5.41) is 0. The number of hydrogen-bond donors (Lipinski definition) is 0. The molecule has 28 heavy (non-hydrogen) atoms. The van der Waals surface area contributed by atoms with Gasteiger partial charge < -0.3 is 9.47 Å². The molecule has 0 saturated carbocycles. The van der Waals surface area contributed by atoms with Crippen LogP contribution in [0.2, 0.25) is 0 Å². The fourth-order valence-corrected chi connectivity index (χ4v) is 3.49. The zero-order valence-electron chi connectivity index (χ0n) is 16.1. The molecule has 0 aliphatic carbocycles. The highest BCUT2D eigenvalue weighted by atomic mass is 79.9. The smallest absolute Gasteiger partial charge is 0.119 e. The first kappa shape index (κ1) is 20.6. The number of methoxy groups -OCH3 is 1. The van der Waals surface area contributed by atoms with Gasteiger partial charge in [0.25, 0.3) is 0 Å². The molecule has 0 bridgehead atoms. The molecular formula is C24H26BrNO2. The highest BCUT2D eigenvalue weighted by Gasteiger charge is 2.16. The maximum absolute atomic E-state index is 5.92. The third-order valence-electron chi connectivity index (χ3n) is 4.58. The molecule has 146 valence electrons. The molecule has 0 saturated heterocycles. The fourth-order valence-electron chi connectivity index (χ4n) is 3.08. The normalized spacial score (nSPS) is 12.1. The van der Waals surface area contributed by atoms with E-state index in [2.05, 4.69) is 63.3 Å². The summed E-state index contributed by atoms with van der Waals surface area (Å²) >= 11 is 3.67. The Morgan fingerprint density at radius 3 is 2.14 bits per heavy atom. The summed E-state index contributed by atoms with van der Waals surface area (Å²) in [6, 6.07) is 28.8. The van der Waals surface area contributed by atoms with E-state index in [1.807, 2.05) is 42.5 Å². The predicted molar refractivity (Wildman–Crippen MR) is 117 cm³/mol. The Morgan fingerprint density at radius 1 is 0.821 bits per heavy atom. The number of ether oxygens (including phenoxy) is 2. The molecule has 3 rings (SSSR count). The van der Waals surface area contributed by atoms with Crippen LogP contribution in [-0.4, -0.2) is 31.3 Å². The summed E-state index contributed by atoms with van der Waals surface area (Å²) in [5.74, 6) is 0.866. The fraction of sp³-hybridized carbons (Fsp3) is 0.250. The van der Waals surface area contributed by atoms with Crippen molar-refractivity contribution in [1.82, 2.24) is 4.90 Å². The third-order valence-corrected chi connectivity index (χ3v) is 5.35. The van der Waals surface area contributed by atoms with Gasteiger partial charge in [0.15, 0.2) is 0 Å². The standard InChI is InChI=1S/C24H26BrNO2/c1-27-23(19-28-22-13-6-3-7-14-22)18-26(16-20-10-4-2-5-11-20)17-21-12-8-9-15-24(21)25/h2-15,23H,16-19H2,1H3. The molecule has 0 N–H and O–H groups in total. The van der Waals surface area contributed by atoms with Crippen LogP contribution in [0.1, 0.15) is 11.1 Å². The molecule has 0 amide bonds. The average Bonchev–Trinajstić information content (AvgIpc) is 2.74. The summed E-state index contributed by atoms with van der Waals surface area (Å²) in [6.07, 6.45) is -0.0218. The van der Waals surface area contributed by atoms with Crippen LogP contribution in [0.4, 0.5) is 0 Å². The van der Waals surface area contributed by atoms with Gasteiger partial charge in [-0.05, 0) is 29.3 Å². The molecule has 0 aromatic heterocycles. The SMILES string of the molecule is COC(COc1ccccc1)CN(Cc1ccccc1)Cc1ccccc1Br. The zero-order chi connectivity index (χ0) is 19.6. The van der Waals surface area contributed by atoms with Crippen LogP contribution in [0.15, 0.2) is 89.4 Å². The van der Waals surface area contributed by atoms with E-state index in [1.54, 1.807) is 7.11 Å². The molecule has 0 fully saturated rings. The minimum Gasteiger partial charge on any atom is -0.491 e. The van der Waals surface area contributed by atoms with Gasteiger partial charge >= 0.3 is 0 Å². The van der Waals surface area contributed by atoms with Crippen molar-refractivity contribution in [1.29, 1.82) is 0 Å². The minimum atomic E-state index is -0.0218. The van der Waals surface area contributed by atoms with Crippen molar-refractivity contribution in [2.75, 3.05) is 20.3 Å². The molecular weight excluding hydrogens is 414 g/mol. The molecule has 0 aliphatic rings. The predicted octanol–water partition coefficient (Wildman–Crippen LogP) is 5.55. The van der Waals surface area contributed by atoms with E-state index in [0.717, 1.165) is 29.9 Å². The van der Waals surface area contributed by atoms with Crippen LogP contribution in [-0.2, 0) is 17.8 Å². The topological polar surface area (TPSA) is 21.7 Å². The molecule has 3 nitrogen and oxygen atoms in total. The molecule has 0 spiro atoms. The van der Waals surface area contributed by atoms with Gasteiger partial charge in [-0.2, -0.15) is 0 Å². The molecule has 0 radical (unpaired) electrons. The van der Waals surface area contributed by atoms with Crippen LogP contribution < -0.4 is 4.74 Å². The Kier molecular flexibility index (Phi) is 8.09. The second-order valence-electron chi connectivity index (χ2n) is 6.73. The van der Waals surface area contributed by atoms with Gasteiger partial charge in [-0.25, -0.2) is 0 Å². The lowest BCUT2D eigenvalue weighted by molar-refractivity contribution is 0.0253. The quantitative estimate of drug-likeness (QED) is 0.413. The van der Waals surface area contributed by atoms with Gasteiger partial charge in [0.1, 0.15) is 18.5 Å². The Balaban J connectivity index is 1.68. The summed E-state index contributed by atoms with van der Waals surface area (Å²) in [4.78, 5) is 2.40. The lowest BCUT2D eigenvalue weighted by Crippen LogP contribution is -2.36. The molecule has 3 aromatic rings. The number of benzene rings is 3. The van der Waals surface area contributed by atoms with Gasteiger partial charge in [0, 0.05) is 31.2 Å². The first-order valence-electron chi connectivity index (χ1n) is 9.45. The number of nitrogens with zero attached hydrogens (tertiary/aromatic N) is 1. The number of rotatable bonds is 10. The van der Waals surface area contributed by atoms with Gasteiger partial charge in [-0.15, -0.1) is 0 Å². The Hall–Kier alpha value is -2.14. The van der Waals surface area contributed by atoms with Crippen molar-refractivity contribution in [3.8, 4) is 5.75 Å². The van der Waals surface area contributed by atoms with Crippen LogP contribution in [0, 0.1) is 0 Å². The molecule has 3 aromatic carbocycles. The maximum Gasteiger partial charge on any atom is 0.119 e. The number of hydrogen-bond acceptors (Lipinski definition) is 3. The van der Waals surface area contributed by atoms with E-state index in [4.69, 9.17) is 9.47 Å². The van der Waals surface area contributed by atoms with Crippen molar-refractivity contribution in [2.24, 2.45) is 0 Å². The molecule has 4 heteroatoms. The first-order chi connectivity index (χ1) is 13.7. The molecule has 1 unspecified atom stereocenters. The zero-order valence-corrected chi connectivity index (χ0v) is 17.7. The summed E-state index contributed by atoms with van der Waals surface area (Å²) < 4.78 is 12.8. The van der Waals surface area contributed by atoms with Crippen molar-refractivity contribution < 1.29 is 9.47 Å². The van der Waals surface area contributed by atoms with Crippen molar-refractivity contribution in [3.63, 3.8) is 0 Å². The lowest BCUT2D eigenvalue weighted by Gasteiger charge is -2.27. The van der Waals surface area contributed by atoms with E-state index >= 15 is 0 Å². The van der Waals surface area contributed by atoms with Gasteiger partial charge in [-0.1, -0.05) is 82.7 Å². The van der Waals surface area contributed by atoms with Crippen molar-refractivity contribution in [2.45, 2.75) is 19.2 Å². The highest BCUT2D eigenvalue weighted by molar-refractivity contribution is 9.10. The first-order valence-corrected chi connectivity index (χ1v) is 10.2.